The molecule has 92 valence electrons. The number of benzene rings is 1. The van der Waals surface area contributed by atoms with Gasteiger partial charge in [0.05, 0.1) is 12.7 Å². The standard InChI is InChI=1S/C14H19NO2/c1-10-4-3-9-15-13(10)11-5-7-12(8-6-11)14(16)17-2/h5-8,10,13,15H,3-4,9H2,1-2H3. The summed E-state index contributed by atoms with van der Waals surface area (Å²) >= 11 is 0. The van der Waals surface area contributed by atoms with Crippen LogP contribution in [0.5, 0.6) is 0 Å². The normalized spacial score (nSPS) is 24.4. The van der Waals surface area contributed by atoms with E-state index in [4.69, 9.17) is 0 Å². The maximum Gasteiger partial charge on any atom is 0.337 e. The molecule has 1 saturated heterocycles. The van der Waals surface area contributed by atoms with Gasteiger partial charge >= 0.3 is 5.97 Å². The van der Waals surface area contributed by atoms with E-state index in [2.05, 4.69) is 17.0 Å². The van der Waals surface area contributed by atoms with Crippen molar-refractivity contribution in [1.29, 1.82) is 0 Å². The van der Waals surface area contributed by atoms with E-state index in [-0.39, 0.29) is 5.97 Å². The highest BCUT2D eigenvalue weighted by atomic mass is 16.5. The Morgan fingerprint density at radius 3 is 2.65 bits per heavy atom. The highest BCUT2D eigenvalue weighted by Gasteiger charge is 2.22. The number of rotatable bonds is 2. The van der Waals surface area contributed by atoms with Crippen LogP contribution in [0.2, 0.25) is 0 Å². The minimum atomic E-state index is -0.277. The lowest BCUT2D eigenvalue weighted by Gasteiger charge is -2.30. The number of methoxy groups -OCH3 is 1. The Balaban J connectivity index is 2.14. The molecule has 2 atom stereocenters. The topological polar surface area (TPSA) is 38.3 Å². The molecule has 3 heteroatoms. The quantitative estimate of drug-likeness (QED) is 0.798. The van der Waals surface area contributed by atoms with Crippen molar-refractivity contribution in [2.75, 3.05) is 13.7 Å². The molecule has 2 rings (SSSR count). The first-order chi connectivity index (χ1) is 8.22. The number of ether oxygens (including phenoxy) is 1. The predicted octanol–water partition coefficient (Wildman–Crippen LogP) is 2.53. The van der Waals surface area contributed by atoms with Crippen LogP contribution in [0, 0.1) is 5.92 Å². The summed E-state index contributed by atoms with van der Waals surface area (Å²) in [5.41, 5.74) is 1.87. The first kappa shape index (κ1) is 12.1. The van der Waals surface area contributed by atoms with Crippen LogP contribution in [0.15, 0.2) is 24.3 Å². The molecule has 1 aliphatic rings. The van der Waals surface area contributed by atoms with Crippen LogP contribution in [-0.4, -0.2) is 19.6 Å². The van der Waals surface area contributed by atoms with Gasteiger partial charge in [0.1, 0.15) is 0 Å². The molecule has 0 aliphatic carbocycles. The lowest BCUT2D eigenvalue weighted by atomic mass is 9.87. The number of esters is 1. The second-order valence-electron chi connectivity index (χ2n) is 4.66. The molecule has 1 fully saturated rings. The Morgan fingerprint density at radius 2 is 2.06 bits per heavy atom. The predicted molar refractivity (Wildman–Crippen MR) is 66.9 cm³/mol. The summed E-state index contributed by atoms with van der Waals surface area (Å²) in [6.07, 6.45) is 2.51. The van der Waals surface area contributed by atoms with Crippen molar-refractivity contribution in [1.82, 2.24) is 5.32 Å². The second kappa shape index (κ2) is 5.32. The van der Waals surface area contributed by atoms with Crippen molar-refractivity contribution in [2.24, 2.45) is 5.92 Å². The van der Waals surface area contributed by atoms with E-state index in [1.54, 1.807) is 0 Å². The fourth-order valence-electron chi connectivity index (χ4n) is 2.44. The summed E-state index contributed by atoms with van der Waals surface area (Å²) in [6, 6.07) is 8.13. The van der Waals surface area contributed by atoms with Crippen LogP contribution in [0.4, 0.5) is 0 Å². The summed E-state index contributed by atoms with van der Waals surface area (Å²) in [7, 11) is 1.40. The van der Waals surface area contributed by atoms with Crippen LogP contribution >= 0.6 is 0 Å². The van der Waals surface area contributed by atoms with Gasteiger partial charge in [0, 0.05) is 6.04 Å². The molecule has 0 spiro atoms. The molecule has 1 aliphatic heterocycles. The zero-order valence-electron chi connectivity index (χ0n) is 10.4. The van der Waals surface area contributed by atoms with E-state index in [0.29, 0.717) is 17.5 Å². The third-order valence-corrected chi connectivity index (χ3v) is 3.46. The van der Waals surface area contributed by atoms with Crippen molar-refractivity contribution < 1.29 is 9.53 Å². The van der Waals surface area contributed by atoms with Gasteiger partial charge in [0.25, 0.3) is 0 Å². The molecule has 0 saturated carbocycles. The number of nitrogens with one attached hydrogen (secondary N) is 1. The first-order valence-electron chi connectivity index (χ1n) is 6.14. The lowest BCUT2D eigenvalue weighted by Crippen LogP contribution is -2.32. The van der Waals surface area contributed by atoms with E-state index in [1.807, 2.05) is 24.3 Å². The molecule has 17 heavy (non-hydrogen) atoms. The van der Waals surface area contributed by atoms with E-state index in [0.717, 1.165) is 6.54 Å². The van der Waals surface area contributed by atoms with Crippen molar-refractivity contribution in [2.45, 2.75) is 25.8 Å². The molecule has 0 radical (unpaired) electrons. The maximum atomic E-state index is 11.3. The fraction of sp³-hybridized carbons (Fsp3) is 0.500. The summed E-state index contributed by atoms with van der Waals surface area (Å²) in [5.74, 6) is 0.369. The molecule has 1 heterocycles. The molecule has 1 aromatic carbocycles. The zero-order chi connectivity index (χ0) is 12.3. The van der Waals surface area contributed by atoms with Crippen molar-refractivity contribution in [3.8, 4) is 0 Å². The molecular weight excluding hydrogens is 214 g/mol. The summed E-state index contributed by atoms with van der Waals surface area (Å²) in [4.78, 5) is 11.3. The maximum absolute atomic E-state index is 11.3. The number of carbonyl (C=O) groups excluding carboxylic acids is 1. The fourth-order valence-corrected chi connectivity index (χ4v) is 2.44. The third kappa shape index (κ3) is 2.67. The minimum absolute atomic E-state index is 0.277. The van der Waals surface area contributed by atoms with Crippen LogP contribution in [0.25, 0.3) is 0 Å². The number of hydrogen-bond acceptors (Lipinski definition) is 3. The SMILES string of the molecule is COC(=O)c1ccc(C2NCCCC2C)cc1. The van der Waals surface area contributed by atoms with Gasteiger partial charge in [-0.15, -0.1) is 0 Å². The smallest absolute Gasteiger partial charge is 0.337 e. The van der Waals surface area contributed by atoms with Gasteiger partial charge in [-0.2, -0.15) is 0 Å². The third-order valence-electron chi connectivity index (χ3n) is 3.46. The highest BCUT2D eigenvalue weighted by Crippen LogP contribution is 2.28. The summed E-state index contributed by atoms with van der Waals surface area (Å²) < 4.78 is 4.69. The largest absolute Gasteiger partial charge is 0.465 e. The Hall–Kier alpha value is -1.35. The van der Waals surface area contributed by atoms with Gasteiger partial charge in [0.2, 0.25) is 0 Å². The van der Waals surface area contributed by atoms with Gasteiger partial charge < -0.3 is 10.1 Å². The molecule has 0 bridgehead atoms. The lowest BCUT2D eigenvalue weighted by molar-refractivity contribution is 0.0600. The number of piperidine rings is 1. The second-order valence-corrected chi connectivity index (χ2v) is 4.66. The molecular formula is C14H19NO2. The van der Waals surface area contributed by atoms with E-state index in [1.165, 1.54) is 25.5 Å². The van der Waals surface area contributed by atoms with E-state index < -0.39 is 0 Å². The number of hydrogen-bond donors (Lipinski definition) is 1. The van der Waals surface area contributed by atoms with Gasteiger partial charge in [0.15, 0.2) is 0 Å². The van der Waals surface area contributed by atoms with E-state index in [9.17, 15) is 4.79 Å². The van der Waals surface area contributed by atoms with Crippen LogP contribution in [-0.2, 0) is 4.74 Å². The van der Waals surface area contributed by atoms with Crippen molar-refractivity contribution in [3.63, 3.8) is 0 Å². The molecule has 1 N–H and O–H groups in total. The monoisotopic (exact) mass is 233 g/mol. The van der Waals surface area contributed by atoms with Crippen molar-refractivity contribution in [3.05, 3.63) is 35.4 Å². The Kier molecular flexibility index (Phi) is 3.79. The van der Waals surface area contributed by atoms with Gasteiger partial charge in [-0.3, -0.25) is 0 Å². The van der Waals surface area contributed by atoms with E-state index >= 15 is 0 Å². The average molecular weight is 233 g/mol. The first-order valence-corrected chi connectivity index (χ1v) is 6.14. The summed E-state index contributed by atoms with van der Waals surface area (Å²) in [5, 5.41) is 3.53. The summed E-state index contributed by atoms with van der Waals surface area (Å²) in [6.45, 7) is 3.35. The average Bonchev–Trinajstić information content (AvgIpc) is 2.39. The molecule has 2 unspecified atom stereocenters. The van der Waals surface area contributed by atoms with Crippen LogP contribution in [0.1, 0.15) is 41.7 Å². The molecule has 3 nitrogen and oxygen atoms in total. The highest BCUT2D eigenvalue weighted by molar-refractivity contribution is 5.89. The Labute approximate surface area is 102 Å². The van der Waals surface area contributed by atoms with Gasteiger partial charge in [-0.25, -0.2) is 4.79 Å². The molecule has 0 aromatic heterocycles. The van der Waals surface area contributed by atoms with Crippen LogP contribution < -0.4 is 5.32 Å². The Morgan fingerprint density at radius 1 is 1.35 bits per heavy atom. The number of carbonyl (C=O) groups is 1. The zero-order valence-corrected chi connectivity index (χ0v) is 10.4. The van der Waals surface area contributed by atoms with Crippen LogP contribution in [0.3, 0.4) is 0 Å². The molecule has 1 aromatic rings. The minimum Gasteiger partial charge on any atom is -0.465 e. The Bertz CT molecular complexity index is 386. The van der Waals surface area contributed by atoms with Gasteiger partial charge in [-0.1, -0.05) is 19.1 Å². The molecule has 0 amide bonds. The van der Waals surface area contributed by atoms with Gasteiger partial charge in [-0.05, 0) is 43.0 Å². The van der Waals surface area contributed by atoms with Crippen molar-refractivity contribution >= 4 is 5.97 Å².